The minimum atomic E-state index is -3.67. The molecule has 1 aliphatic rings. The zero-order valence-electron chi connectivity index (χ0n) is 18.2. The van der Waals surface area contributed by atoms with Crippen molar-refractivity contribution in [1.29, 1.82) is 0 Å². The van der Waals surface area contributed by atoms with E-state index in [0.717, 1.165) is 25.7 Å². The lowest BCUT2D eigenvalue weighted by Crippen LogP contribution is -2.32. The molecule has 2 N–H and O–H groups in total. The van der Waals surface area contributed by atoms with Crippen LogP contribution in [-0.2, 0) is 20.0 Å². The van der Waals surface area contributed by atoms with Crippen LogP contribution in [0.3, 0.4) is 0 Å². The molecule has 8 nitrogen and oxygen atoms in total. The first-order chi connectivity index (χ1) is 15.1. The highest BCUT2D eigenvalue weighted by Gasteiger charge is 2.26. The molecule has 0 aromatic heterocycles. The lowest BCUT2D eigenvalue weighted by atomic mass is 10.2. The van der Waals surface area contributed by atoms with Crippen molar-refractivity contribution in [3.8, 4) is 0 Å². The fourth-order valence-corrected chi connectivity index (χ4v) is 6.34. The third-order valence-electron chi connectivity index (χ3n) is 5.11. The van der Waals surface area contributed by atoms with Gasteiger partial charge >= 0.3 is 0 Å². The summed E-state index contributed by atoms with van der Waals surface area (Å²) in [5, 5.41) is 2.68. The van der Waals surface area contributed by atoms with E-state index in [2.05, 4.69) is 10.0 Å². The molecule has 0 unspecified atom stereocenters. The number of nitrogens with zero attached hydrogens (tertiary/aromatic N) is 1. The van der Waals surface area contributed by atoms with E-state index < -0.39 is 26.0 Å². The number of sulfonamides is 2. The first-order valence-corrected chi connectivity index (χ1v) is 13.6. The van der Waals surface area contributed by atoms with Gasteiger partial charge < -0.3 is 5.32 Å². The third-order valence-corrected chi connectivity index (χ3v) is 8.68. The van der Waals surface area contributed by atoms with Gasteiger partial charge in [-0.1, -0.05) is 18.9 Å². The number of nitrogens with one attached hydrogen (secondary N) is 2. The highest BCUT2D eigenvalue weighted by Crippen LogP contribution is 2.22. The highest BCUT2D eigenvalue weighted by atomic mass is 32.2. The molecule has 1 fully saturated rings. The fraction of sp³-hybridized carbons (Fsp3) is 0.409. The summed E-state index contributed by atoms with van der Waals surface area (Å²) in [4.78, 5) is 12.9. The lowest BCUT2D eigenvalue weighted by molar-refractivity contribution is 0.102. The van der Waals surface area contributed by atoms with Gasteiger partial charge in [-0.2, -0.15) is 4.31 Å². The van der Waals surface area contributed by atoms with Crippen molar-refractivity contribution >= 4 is 31.6 Å². The standard InChI is InChI=1S/C22H29N3O5S2/c1-17(2)24-31(27,28)20-12-10-19(11-13-20)23-22(26)18-8-7-9-21(16-18)32(29,30)25-14-5-3-4-6-15-25/h7-13,16-17,24H,3-6,14-15H2,1-2H3,(H,23,26). The zero-order chi connectivity index (χ0) is 23.4. The molecule has 0 saturated carbocycles. The van der Waals surface area contributed by atoms with Gasteiger partial charge in [0.15, 0.2) is 0 Å². The van der Waals surface area contributed by atoms with Crippen molar-refractivity contribution in [1.82, 2.24) is 9.03 Å². The summed E-state index contributed by atoms with van der Waals surface area (Å²) >= 11 is 0. The van der Waals surface area contributed by atoms with Crippen molar-refractivity contribution in [3.05, 3.63) is 54.1 Å². The van der Waals surface area contributed by atoms with Crippen molar-refractivity contribution in [2.75, 3.05) is 18.4 Å². The monoisotopic (exact) mass is 479 g/mol. The van der Waals surface area contributed by atoms with Crippen molar-refractivity contribution in [2.45, 2.75) is 55.4 Å². The largest absolute Gasteiger partial charge is 0.322 e. The molecule has 1 aliphatic heterocycles. The second-order valence-electron chi connectivity index (χ2n) is 8.10. The normalized spacial score (nSPS) is 16.0. The van der Waals surface area contributed by atoms with Gasteiger partial charge in [-0.15, -0.1) is 0 Å². The van der Waals surface area contributed by atoms with E-state index in [1.807, 2.05) is 0 Å². The van der Waals surface area contributed by atoms with E-state index in [9.17, 15) is 21.6 Å². The molecule has 0 radical (unpaired) electrons. The van der Waals surface area contributed by atoms with Crippen LogP contribution in [0, 0.1) is 0 Å². The Hall–Kier alpha value is -2.27. The maximum absolute atomic E-state index is 13.0. The lowest BCUT2D eigenvalue weighted by Gasteiger charge is -2.20. The summed E-state index contributed by atoms with van der Waals surface area (Å²) in [6.45, 7) is 4.43. The minimum absolute atomic E-state index is 0.0910. The molecule has 0 aliphatic carbocycles. The number of hydrogen-bond acceptors (Lipinski definition) is 5. The number of amides is 1. The molecule has 2 aromatic rings. The van der Waals surface area contributed by atoms with E-state index >= 15 is 0 Å². The smallest absolute Gasteiger partial charge is 0.255 e. The van der Waals surface area contributed by atoms with Crippen LogP contribution >= 0.6 is 0 Å². The average Bonchev–Trinajstić information content (AvgIpc) is 3.03. The van der Waals surface area contributed by atoms with Crippen molar-refractivity contribution in [3.63, 3.8) is 0 Å². The van der Waals surface area contributed by atoms with Gasteiger partial charge in [-0.05, 0) is 69.2 Å². The van der Waals surface area contributed by atoms with E-state index in [1.165, 1.54) is 40.7 Å². The Bertz CT molecular complexity index is 1150. The predicted molar refractivity (Wildman–Crippen MR) is 124 cm³/mol. The second-order valence-corrected chi connectivity index (χ2v) is 11.8. The summed E-state index contributed by atoms with van der Waals surface area (Å²) in [7, 11) is -7.29. The van der Waals surface area contributed by atoms with Crippen LogP contribution in [0.1, 0.15) is 49.9 Å². The summed E-state index contributed by atoms with van der Waals surface area (Å²) in [6, 6.07) is 11.5. The van der Waals surface area contributed by atoms with Crippen LogP contribution in [0.25, 0.3) is 0 Å². The topological polar surface area (TPSA) is 113 Å². The molecular formula is C22H29N3O5S2. The average molecular weight is 480 g/mol. The molecule has 0 bridgehead atoms. The van der Waals surface area contributed by atoms with Gasteiger partial charge in [0.25, 0.3) is 5.91 Å². The van der Waals surface area contributed by atoms with Gasteiger partial charge in [-0.3, -0.25) is 4.79 Å². The summed E-state index contributed by atoms with van der Waals surface area (Å²) in [5.41, 5.74) is 0.610. The number of hydrogen-bond donors (Lipinski definition) is 2. The van der Waals surface area contributed by atoms with Gasteiger partial charge in [-0.25, -0.2) is 21.6 Å². The first kappa shape index (κ1) is 24.4. The fourth-order valence-electron chi connectivity index (χ4n) is 3.53. The summed E-state index contributed by atoms with van der Waals surface area (Å²) in [5.74, 6) is -0.478. The summed E-state index contributed by atoms with van der Waals surface area (Å²) < 4.78 is 54.5. The van der Waals surface area contributed by atoms with Crippen LogP contribution in [-0.4, -0.2) is 46.2 Å². The van der Waals surface area contributed by atoms with Crippen molar-refractivity contribution in [2.24, 2.45) is 0 Å². The molecule has 2 aromatic carbocycles. The predicted octanol–water partition coefficient (Wildman–Crippen LogP) is 3.19. The van der Waals surface area contributed by atoms with Crippen molar-refractivity contribution < 1.29 is 21.6 Å². The Labute approximate surface area is 190 Å². The molecule has 0 atom stereocenters. The Balaban J connectivity index is 1.75. The van der Waals surface area contributed by atoms with Crippen LogP contribution in [0.5, 0.6) is 0 Å². The Kier molecular flexibility index (Phi) is 7.71. The van der Waals surface area contributed by atoms with Gasteiger partial charge in [0.1, 0.15) is 0 Å². The van der Waals surface area contributed by atoms with Gasteiger partial charge in [0.05, 0.1) is 9.79 Å². The molecule has 0 spiro atoms. The zero-order valence-corrected chi connectivity index (χ0v) is 19.9. The molecule has 10 heteroatoms. The number of rotatable bonds is 7. The van der Waals surface area contributed by atoms with E-state index in [1.54, 1.807) is 26.0 Å². The molecule has 174 valence electrons. The SMILES string of the molecule is CC(C)NS(=O)(=O)c1ccc(NC(=O)c2cccc(S(=O)(=O)N3CCCCCC3)c2)cc1. The number of anilines is 1. The number of carbonyl (C=O) groups is 1. The van der Waals surface area contributed by atoms with Gasteiger partial charge in [0.2, 0.25) is 20.0 Å². The van der Waals surface area contributed by atoms with Crippen LogP contribution < -0.4 is 10.0 Å². The molecule has 1 saturated heterocycles. The van der Waals surface area contributed by atoms with Crippen LogP contribution in [0.4, 0.5) is 5.69 Å². The molecule has 3 rings (SSSR count). The van der Waals surface area contributed by atoms with Gasteiger partial charge in [0, 0.05) is 30.4 Å². The second kappa shape index (κ2) is 10.1. The van der Waals surface area contributed by atoms with E-state index in [4.69, 9.17) is 0 Å². The molecule has 1 amide bonds. The summed E-state index contributed by atoms with van der Waals surface area (Å²) in [6.07, 6.45) is 3.69. The third kappa shape index (κ3) is 5.94. The quantitative estimate of drug-likeness (QED) is 0.633. The van der Waals surface area contributed by atoms with Crippen LogP contribution in [0.15, 0.2) is 58.3 Å². The molecular weight excluding hydrogens is 450 g/mol. The Morgan fingerprint density at radius 2 is 1.50 bits per heavy atom. The maximum atomic E-state index is 13.0. The Morgan fingerprint density at radius 1 is 0.875 bits per heavy atom. The van der Waals surface area contributed by atoms with Crippen LogP contribution in [0.2, 0.25) is 0 Å². The number of benzene rings is 2. The molecule has 1 heterocycles. The maximum Gasteiger partial charge on any atom is 0.255 e. The van der Waals surface area contributed by atoms with E-state index in [0.29, 0.717) is 18.8 Å². The number of carbonyl (C=O) groups excluding carboxylic acids is 1. The Morgan fingerprint density at radius 3 is 2.09 bits per heavy atom. The van der Waals surface area contributed by atoms with E-state index in [-0.39, 0.29) is 21.4 Å². The first-order valence-electron chi connectivity index (χ1n) is 10.6. The minimum Gasteiger partial charge on any atom is -0.322 e. The highest BCUT2D eigenvalue weighted by molar-refractivity contribution is 7.89. The molecule has 32 heavy (non-hydrogen) atoms.